The summed E-state index contributed by atoms with van der Waals surface area (Å²) in [6, 6.07) is 14.2. The van der Waals surface area contributed by atoms with Crippen LogP contribution in [0.4, 0.5) is 5.69 Å². The van der Waals surface area contributed by atoms with Gasteiger partial charge < -0.3 is 5.32 Å². The summed E-state index contributed by atoms with van der Waals surface area (Å²) >= 11 is 7.43. The van der Waals surface area contributed by atoms with Gasteiger partial charge in [0.1, 0.15) is 11.5 Å². The lowest BCUT2D eigenvalue weighted by atomic mass is 10.1. The molecule has 1 aliphatic heterocycles. The number of carbonyl (C=O) groups excluding carboxylic acids is 1. The van der Waals surface area contributed by atoms with Crippen LogP contribution in [0.5, 0.6) is 0 Å². The quantitative estimate of drug-likeness (QED) is 0.445. The van der Waals surface area contributed by atoms with E-state index in [0.717, 1.165) is 11.3 Å². The number of benzene rings is 2. The van der Waals surface area contributed by atoms with Gasteiger partial charge in [-0.25, -0.2) is 9.67 Å². The van der Waals surface area contributed by atoms with Crippen molar-refractivity contribution in [2.24, 2.45) is 0 Å². The predicted octanol–water partition coefficient (Wildman–Crippen LogP) is 4.09. The van der Waals surface area contributed by atoms with Gasteiger partial charge in [-0.3, -0.25) is 14.2 Å². The first kappa shape index (κ1) is 21.2. The zero-order chi connectivity index (χ0) is 23.1. The molecule has 3 heterocycles. The standard InChI is InChI=1S/C23H17ClN6O2S/c1-13-3-2-4-16(7-13)30-21-18(11-26-30)22(32)29-17(12-33-23(29)28-21)9-20(31)27-19-8-15(24)6-5-14(19)10-25/h2-8,11,17H,9,12H2,1H3,(H,27,31). The van der Waals surface area contributed by atoms with Crippen LogP contribution in [0.1, 0.15) is 23.6 Å². The molecule has 0 saturated carbocycles. The second-order valence-corrected chi connectivity index (χ2v) is 9.14. The number of hydrogen-bond donors (Lipinski definition) is 1. The van der Waals surface area contributed by atoms with Crippen LogP contribution in [0.25, 0.3) is 16.7 Å². The Bertz CT molecular complexity index is 1520. The molecule has 10 heteroatoms. The fourth-order valence-electron chi connectivity index (χ4n) is 3.86. The van der Waals surface area contributed by atoms with Gasteiger partial charge in [0.05, 0.1) is 29.2 Å². The van der Waals surface area contributed by atoms with E-state index in [9.17, 15) is 14.9 Å². The molecule has 2 aromatic heterocycles. The Hall–Kier alpha value is -3.61. The first-order valence-electron chi connectivity index (χ1n) is 10.1. The van der Waals surface area contributed by atoms with E-state index in [2.05, 4.69) is 10.4 Å². The second kappa shape index (κ2) is 8.39. The molecule has 5 rings (SSSR count). The van der Waals surface area contributed by atoms with Crippen molar-refractivity contribution in [3.8, 4) is 11.8 Å². The van der Waals surface area contributed by atoms with Crippen molar-refractivity contribution in [2.75, 3.05) is 11.1 Å². The first-order chi connectivity index (χ1) is 15.9. The van der Waals surface area contributed by atoms with Crippen LogP contribution in [0, 0.1) is 18.3 Å². The van der Waals surface area contributed by atoms with Gasteiger partial charge in [-0.05, 0) is 42.8 Å². The summed E-state index contributed by atoms with van der Waals surface area (Å²) in [6.45, 7) is 1.99. The average molecular weight is 477 g/mol. The third-order valence-electron chi connectivity index (χ3n) is 5.41. The van der Waals surface area contributed by atoms with E-state index in [0.29, 0.717) is 38.2 Å². The molecule has 0 aliphatic carbocycles. The van der Waals surface area contributed by atoms with Crippen molar-refractivity contribution >= 4 is 46.0 Å². The largest absolute Gasteiger partial charge is 0.325 e. The van der Waals surface area contributed by atoms with Gasteiger partial charge in [-0.15, -0.1) is 0 Å². The molecule has 1 unspecified atom stereocenters. The van der Waals surface area contributed by atoms with Gasteiger partial charge in [-0.2, -0.15) is 10.4 Å². The van der Waals surface area contributed by atoms with Crippen molar-refractivity contribution in [2.45, 2.75) is 24.5 Å². The number of fused-ring (bicyclic) bond motifs is 2. The second-order valence-electron chi connectivity index (χ2n) is 7.72. The summed E-state index contributed by atoms with van der Waals surface area (Å²) in [5.41, 5.74) is 2.84. The number of thioether (sulfide) groups is 1. The molecule has 1 atom stereocenters. The van der Waals surface area contributed by atoms with E-state index in [4.69, 9.17) is 16.6 Å². The number of hydrogen-bond acceptors (Lipinski definition) is 6. The molecule has 0 bridgehead atoms. The Kier molecular flexibility index (Phi) is 5.40. The maximum absolute atomic E-state index is 13.3. The minimum atomic E-state index is -0.360. The lowest BCUT2D eigenvalue weighted by Crippen LogP contribution is -2.27. The number of carbonyl (C=O) groups is 1. The van der Waals surface area contributed by atoms with Crippen molar-refractivity contribution in [1.82, 2.24) is 19.3 Å². The molecule has 2 aromatic carbocycles. The number of aromatic nitrogens is 4. The molecule has 1 aliphatic rings. The fraction of sp³-hybridized carbons (Fsp3) is 0.174. The number of amides is 1. The lowest BCUT2D eigenvalue weighted by Gasteiger charge is -2.14. The van der Waals surface area contributed by atoms with Crippen LogP contribution in [0.15, 0.2) is 58.6 Å². The minimum Gasteiger partial charge on any atom is -0.325 e. The van der Waals surface area contributed by atoms with E-state index in [1.807, 2.05) is 37.3 Å². The summed E-state index contributed by atoms with van der Waals surface area (Å²) in [7, 11) is 0. The summed E-state index contributed by atoms with van der Waals surface area (Å²) < 4.78 is 3.23. The van der Waals surface area contributed by atoms with Crippen LogP contribution in [-0.2, 0) is 4.79 Å². The van der Waals surface area contributed by atoms with E-state index >= 15 is 0 Å². The molecule has 4 aromatic rings. The highest BCUT2D eigenvalue weighted by Crippen LogP contribution is 2.34. The number of nitriles is 1. The summed E-state index contributed by atoms with van der Waals surface area (Å²) in [5, 5.41) is 17.8. The van der Waals surface area contributed by atoms with E-state index < -0.39 is 0 Å². The number of anilines is 1. The van der Waals surface area contributed by atoms with Gasteiger partial charge in [0.15, 0.2) is 10.8 Å². The van der Waals surface area contributed by atoms with Crippen LogP contribution in [0.3, 0.4) is 0 Å². The first-order valence-corrected chi connectivity index (χ1v) is 11.5. The Morgan fingerprint density at radius 1 is 1.33 bits per heavy atom. The molecular weight excluding hydrogens is 460 g/mol. The molecule has 0 radical (unpaired) electrons. The predicted molar refractivity (Wildman–Crippen MR) is 127 cm³/mol. The zero-order valence-corrected chi connectivity index (χ0v) is 19.0. The van der Waals surface area contributed by atoms with E-state index in [-0.39, 0.29) is 23.9 Å². The highest BCUT2D eigenvalue weighted by Gasteiger charge is 2.29. The molecule has 0 spiro atoms. The summed E-state index contributed by atoms with van der Waals surface area (Å²) in [6.07, 6.45) is 1.59. The maximum atomic E-state index is 13.3. The topological polar surface area (TPSA) is 106 Å². The third-order valence-corrected chi connectivity index (χ3v) is 6.75. The Labute approximate surface area is 197 Å². The highest BCUT2D eigenvalue weighted by molar-refractivity contribution is 7.99. The molecule has 0 fully saturated rings. The normalized spacial score (nSPS) is 14.8. The molecular formula is C23H17ClN6O2S. The maximum Gasteiger partial charge on any atom is 0.265 e. The van der Waals surface area contributed by atoms with Gasteiger partial charge in [0, 0.05) is 17.2 Å². The summed E-state index contributed by atoms with van der Waals surface area (Å²) in [4.78, 5) is 30.7. The smallest absolute Gasteiger partial charge is 0.265 e. The third kappa shape index (κ3) is 3.88. The van der Waals surface area contributed by atoms with Gasteiger partial charge in [0.25, 0.3) is 5.56 Å². The van der Waals surface area contributed by atoms with Crippen molar-refractivity contribution in [1.29, 1.82) is 5.26 Å². The van der Waals surface area contributed by atoms with Crippen molar-refractivity contribution < 1.29 is 4.79 Å². The zero-order valence-electron chi connectivity index (χ0n) is 17.4. The Morgan fingerprint density at radius 2 is 2.18 bits per heavy atom. The molecule has 164 valence electrons. The van der Waals surface area contributed by atoms with E-state index in [1.54, 1.807) is 21.4 Å². The van der Waals surface area contributed by atoms with Crippen LogP contribution in [-0.4, -0.2) is 31.0 Å². The number of rotatable bonds is 4. The number of nitrogens with one attached hydrogen (secondary N) is 1. The SMILES string of the molecule is Cc1cccc(-n2ncc3c(=O)n4c(nc32)SCC4CC(=O)Nc2cc(Cl)ccc2C#N)c1. The number of nitrogens with zero attached hydrogens (tertiary/aromatic N) is 5. The molecule has 1 amide bonds. The fourth-order valence-corrected chi connectivity index (χ4v) is 5.16. The van der Waals surface area contributed by atoms with Crippen LogP contribution < -0.4 is 10.9 Å². The lowest BCUT2D eigenvalue weighted by molar-refractivity contribution is -0.116. The van der Waals surface area contributed by atoms with Crippen molar-refractivity contribution in [3.05, 3.63) is 75.2 Å². The molecule has 1 N–H and O–H groups in total. The number of aryl methyl sites for hydroxylation is 1. The monoisotopic (exact) mass is 476 g/mol. The molecule has 33 heavy (non-hydrogen) atoms. The van der Waals surface area contributed by atoms with Crippen LogP contribution >= 0.6 is 23.4 Å². The van der Waals surface area contributed by atoms with Gasteiger partial charge in [0.2, 0.25) is 5.91 Å². The molecule has 8 nitrogen and oxygen atoms in total. The highest BCUT2D eigenvalue weighted by atomic mass is 35.5. The van der Waals surface area contributed by atoms with E-state index in [1.165, 1.54) is 24.0 Å². The molecule has 0 saturated heterocycles. The van der Waals surface area contributed by atoms with Crippen molar-refractivity contribution in [3.63, 3.8) is 0 Å². The number of halogens is 1. The Morgan fingerprint density at radius 3 is 2.97 bits per heavy atom. The van der Waals surface area contributed by atoms with Gasteiger partial charge >= 0.3 is 0 Å². The van der Waals surface area contributed by atoms with Crippen LogP contribution in [0.2, 0.25) is 5.02 Å². The summed E-state index contributed by atoms with van der Waals surface area (Å²) in [5.74, 6) is 0.232. The average Bonchev–Trinajstić information content (AvgIpc) is 3.39. The minimum absolute atomic E-state index is 0.0660. The Balaban J connectivity index is 1.45. The van der Waals surface area contributed by atoms with Gasteiger partial charge in [-0.1, -0.05) is 35.5 Å².